The highest BCUT2D eigenvalue weighted by Gasteiger charge is 2.50. The monoisotopic (exact) mass is 293 g/mol. The topological polar surface area (TPSA) is 21.3 Å². The van der Waals surface area contributed by atoms with E-state index in [1.807, 2.05) is 0 Å². The number of nitrogens with one attached hydrogen (secondary N) is 1. The highest BCUT2D eigenvalue weighted by atomic mass is 19.4. The molecule has 0 spiro atoms. The molecule has 0 amide bonds. The standard InChI is InChI=1S/C15H26F3NO/c1-11(2)19-9-14(5-6-20-10-15(16,17)18)8-12-3-4-13(14)7-12/h11-13,19H,3-10H2,1-2H3. The van der Waals surface area contributed by atoms with Gasteiger partial charge < -0.3 is 10.1 Å². The van der Waals surface area contributed by atoms with Crippen LogP contribution < -0.4 is 5.32 Å². The molecule has 2 bridgehead atoms. The second kappa shape index (κ2) is 6.22. The molecule has 0 heterocycles. The third-order valence-corrected chi connectivity index (χ3v) is 4.97. The second-order valence-corrected chi connectivity index (χ2v) is 6.90. The zero-order chi connectivity index (χ0) is 14.8. The normalized spacial score (nSPS) is 33.3. The molecule has 0 aromatic rings. The number of fused-ring (bicyclic) bond motifs is 2. The van der Waals surface area contributed by atoms with Crippen LogP contribution in [0, 0.1) is 17.3 Å². The Bertz CT molecular complexity index is 319. The molecule has 3 unspecified atom stereocenters. The minimum absolute atomic E-state index is 0.165. The van der Waals surface area contributed by atoms with Gasteiger partial charge >= 0.3 is 6.18 Å². The van der Waals surface area contributed by atoms with Crippen molar-refractivity contribution >= 4 is 0 Å². The minimum Gasteiger partial charge on any atom is -0.372 e. The fourth-order valence-corrected chi connectivity index (χ4v) is 4.04. The lowest BCUT2D eigenvalue weighted by Crippen LogP contribution is -2.42. The van der Waals surface area contributed by atoms with Crippen molar-refractivity contribution in [3.05, 3.63) is 0 Å². The lowest BCUT2D eigenvalue weighted by atomic mass is 9.71. The molecule has 2 saturated carbocycles. The fraction of sp³-hybridized carbons (Fsp3) is 1.00. The summed E-state index contributed by atoms with van der Waals surface area (Å²) < 4.78 is 41.2. The van der Waals surface area contributed by atoms with Crippen molar-refractivity contribution < 1.29 is 17.9 Å². The number of hydrogen-bond donors (Lipinski definition) is 1. The highest BCUT2D eigenvalue weighted by molar-refractivity contribution is 5.01. The van der Waals surface area contributed by atoms with Crippen LogP contribution in [0.4, 0.5) is 13.2 Å². The summed E-state index contributed by atoms with van der Waals surface area (Å²) in [6, 6.07) is 0.419. The molecule has 0 saturated heterocycles. The Kier molecular flexibility index (Phi) is 5.00. The zero-order valence-corrected chi connectivity index (χ0v) is 12.4. The van der Waals surface area contributed by atoms with Crippen LogP contribution in [0.3, 0.4) is 0 Å². The first-order valence-electron chi connectivity index (χ1n) is 7.69. The lowest BCUT2D eigenvalue weighted by molar-refractivity contribution is -0.175. The number of halogens is 3. The fourth-order valence-electron chi connectivity index (χ4n) is 4.04. The van der Waals surface area contributed by atoms with E-state index < -0.39 is 12.8 Å². The van der Waals surface area contributed by atoms with E-state index in [-0.39, 0.29) is 12.0 Å². The van der Waals surface area contributed by atoms with E-state index in [2.05, 4.69) is 19.2 Å². The van der Waals surface area contributed by atoms with Crippen LogP contribution in [-0.4, -0.2) is 32.0 Å². The Labute approximate surface area is 119 Å². The predicted octanol–water partition coefficient (Wildman–Crippen LogP) is 3.76. The highest BCUT2D eigenvalue weighted by Crippen LogP contribution is 2.57. The maximum Gasteiger partial charge on any atom is 0.411 e. The zero-order valence-electron chi connectivity index (χ0n) is 12.4. The molecule has 0 aromatic carbocycles. The molecule has 2 aliphatic carbocycles. The molecule has 0 aromatic heterocycles. The minimum atomic E-state index is -4.21. The summed E-state index contributed by atoms with van der Waals surface area (Å²) in [6.45, 7) is 4.25. The average molecular weight is 293 g/mol. The Hall–Kier alpha value is -0.290. The first kappa shape index (κ1) is 16.1. The maximum atomic E-state index is 12.1. The van der Waals surface area contributed by atoms with E-state index in [9.17, 15) is 13.2 Å². The van der Waals surface area contributed by atoms with Crippen LogP contribution >= 0.6 is 0 Å². The first-order chi connectivity index (χ1) is 9.31. The smallest absolute Gasteiger partial charge is 0.372 e. The van der Waals surface area contributed by atoms with Crippen LogP contribution in [0.15, 0.2) is 0 Å². The van der Waals surface area contributed by atoms with E-state index in [1.54, 1.807) is 0 Å². The van der Waals surface area contributed by atoms with Gasteiger partial charge in [0.25, 0.3) is 0 Å². The van der Waals surface area contributed by atoms with Crippen molar-refractivity contribution in [1.29, 1.82) is 0 Å². The molecular formula is C15H26F3NO. The Morgan fingerprint density at radius 1 is 1.30 bits per heavy atom. The Morgan fingerprint density at radius 3 is 2.55 bits per heavy atom. The number of alkyl halides is 3. The molecule has 2 rings (SSSR count). The van der Waals surface area contributed by atoms with E-state index in [4.69, 9.17) is 4.74 Å². The molecule has 0 radical (unpaired) electrons. The van der Waals surface area contributed by atoms with Gasteiger partial charge in [-0.25, -0.2) is 0 Å². The summed E-state index contributed by atoms with van der Waals surface area (Å²) in [5, 5.41) is 3.49. The van der Waals surface area contributed by atoms with Gasteiger partial charge in [-0.05, 0) is 42.9 Å². The van der Waals surface area contributed by atoms with Gasteiger partial charge in [0, 0.05) is 19.2 Å². The molecule has 2 fully saturated rings. The molecule has 2 nitrogen and oxygen atoms in total. The van der Waals surface area contributed by atoms with Crippen molar-refractivity contribution in [2.24, 2.45) is 17.3 Å². The molecule has 118 valence electrons. The molecule has 3 atom stereocenters. The summed E-state index contributed by atoms with van der Waals surface area (Å²) in [6.07, 6.45) is 1.51. The van der Waals surface area contributed by atoms with E-state index >= 15 is 0 Å². The van der Waals surface area contributed by atoms with Crippen LogP contribution in [0.2, 0.25) is 0 Å². The maximum absolute atomic E-state index is 12.1. The van der Waals surface area contributed by atoms with E-state index in [0.717, 1.165) is 25.3 Å². The molecule has 5 heteroatoms. The summed E-state index contributed by atoms with van der Waals surface area (Å²) >= 11 is 0. The van der Waals surface area contributed by atoms with Gasteiger partial charge in [0.2, 0.25) is 0 Å². The van der Waals surface area contributed by atoms with Crippen molar-refractivity contribution in [2.45, 2.75) is 58.2 Å². The van der Waals surface area contributed by atoms with Gasteiger partial charge in [0.15, 0.2) is 0 Å². The van der Waals surface area contributed by atoms with Crippen molar-refractivity contribution in [2.75, 3.05) is 19.8 Å². The summed E-state index contributed by atoms with van der Waals surface area (Å²) in [5.41, 5.74) is 0.165. The molecule has 1 N–H and O–H groups in total. The summed E-state index contributed by atoms with van der Waals surface area (Å²) in [7, 11) is 0. The quantitative estimate of drug-likeness (QED) is 0.722. The molecular weight excluding hydrogens is 267 g/mol. The third kappa shape index (κ3) is 4.10. The number of ether oxygens (including phenoxy) is 1. The van der Waals surface area contributed by atoms with E-state index in [0.29, 0.717) is 12.0 Å². The van der Waals surface area contributed by atoms with Gasteiger partial charge in [-0.3, -0.25) is 0 Å². The van der Waals surface area contributed by atoms with Crippen LogP contribution in [0.5, 0.6) is 0 Å². The Morgan fingerprint density at radius 2 is 2.05 bits per heavy atom. The SMILES string of the molecule is CC(C)NCC1(CCOCC(F)(F)F)CC2CCC1C2. The number of rotatable bonds is 7. The first-order valence-corrected chi connectivity index (χ1v) is 7.69. The predicted molar refractivity (Wildman–Crippen MR) is 72.5 cm³/mol. The summed E-state index contributed by atoms with van der Waals surface area (Å²) in [5.74, 6) is 1.46. The number of hydrogen-bond acceptors (Lipinski definition) is 2. The lowest BCUT2D eigenvalue weighted by Gasteiger charge is -2.39. The largest absolute Gasteiger partial charge is 0.411 e. The van der Waals surface area contributed by atoms with Crippen molar-refractivity contribution in [1.82, 2.24) is 5.32 Å². The van der Waals surface area contributed by atoms with Crippen molar-refractivity contribution in [3.8, 4) is 0 Å². The van der Waals surface area contributed by atoms with Crippen LogP contribution in [-0.2, 0) is 4.74 Å². The van der Waals surface area contributed by atoms with Gasteiger partial charge in [0.05, 0.1) is 0 Å². The van der Waals surface area contributed by atoms with Gasteiger partial charge in [-0.2, -0.15) is 13.2 Å². The van der Waals surface area contributed by atoms with Crippen LogP contribution in [0.25, 0.3) is 0 Å². The van der Waals surface area contributed by atoms with Gasteiger partial charge in [0.1, 0.15) is 6.61 Å². The molecule has 2 aliphatic rings. The van der Waals surface area contributed by atoms with Crippen LogP contribution in [0.1, 0.15) is 46.0 Å². The average Bonchev–Trinajstić information content (AvgIpc) is 2.92. The van der Waals surface area contributed by atoms with E-state index in [1.165, 1.54) is 19.3 Å². The Balaban J connectivity index is 1.84. The van der Waals surface area contributed by atoms with Gasteiger partial charge in [-0.15, -0.1) is 0 Å². The van der Waals surface area contributed by atoms with Crippen molar-refractivity contribution in [3.63, 3.8) is 0 Å². The molecule has 20 heavy (non-hydrogen) atoms. The summed E-state index contributed by atoms with van der Waals surface area (Å²) in [4.78, 5) is 0. The third-order valence-electron chi connectivity index (χ3n) is 4.97. The molecule has 0 aliphatic heterocycles. The van der Waals surface area contributed by atoms with Gasteiger partial charge in [-0.1, -0.05) is 20.3 Å². The second-order valence-electron chi connectivity index (χ2n) is 6.90.